The van der Waals surface area contributed by atoms with Gasteiger partial charge in [0, 0.05) is 5.56 Å². The number of nitrogens with zero attached hydrogens (tertiary/aromatic N) is 1. The minimum Gasteiger partial charge on any atom is -0.330 e. The van der Waals surface area contributed by atoms with E-state index in [-0.39, 0.29) is 19.0 Å². The van der Waals surface area contributed by atoms with E-state index in [2.05, 4.69) is 5.92 Å². The zero-order valence-electron chi connectivity index (χ0n) is 9.96. The van der Waals surface area contributed by atoms with Crippen LogP contribution in [0.1, 0.15) is 21.5 Å². The van der Waals surface area contributed by atoms with Crippen molar-refractivity contribution in [3.8, 4) is 12.3 Å². The number of likely N-dealkylation sites (tertiary alicyclic amines) is 1. The van der Waals surface area contributed by atoms with Crippen LogP contribution in [0.3, 0.4) is 0 Å². The Morgan fingerprint density at radius 2 is 1.88 bits per heavy atom. The lowest BCUT2D eigenvalue weighted by molar-refractivity contribution is 0.0134. The summed E-state index contributed by atoms with van der Waals surface area (Å²) < 4.78 is 13.5. The smallest absolute Gasteiger partial charge is 0.254 e. The summed E-state index contributed by atoms with van der Waals surface area (Å²) in [6.45, 7) is 3.85. The van der Waals surface area contributed by atoms with E-state index in [1.54, 1.807) is 0 Å². The summed E-state index contributed by atoms with van der Waals surface area (Å²) in [6.07, 6.45) is 5.05. The van der Waals surface area contributed by atoms with Gasteiger partial charge in [-0.05, 0) is 26.0 Å². The van der Waals surface area contributed by atoms with Crippen molar-refractivity contribution < 1.29 is 9.18 Å². The maximum Gasteiger partial charge on any atom is 0.254 e. The van der Waals surface area contributed by atoms with Gasteiger partial charge in [-0.2, -0.15) is 0 Å². The number of hydrogen-bond donors (Lipinski definition) is 0. The number of carbonyl (C=O) groups is 1. The van der Waals surface area contributed by atoms with Gasteiger partial charge < -0.3 is 4.90 Å². The largest absolute Gasteiger partial charge is 0.330 e. The molecule has 1 fully saturated rings. The number of aryl methyl sites for hydroxylation is 2. The molecule has 2 nitrogen and oxygen atoms in total. The number of alkyl halides is 1. The summed E-state index contributed by atoms with van der Waals surface area (Å²) in [6, 6.07) is 5.61. The Morgan fingerprint density at radius 3 is 2.35 bits per heavy atom. The van der Waals surface area contributed by atoms with Crippen molar-refractivity contribution in [2.75, 3.05) is 13.1 Å². The molecule has 2 rings (SSSR count). The fraction of sp³-hybridized carbons (Fsp3) is 0.357. The van der Waals surface area contributed by atoms with E-state index in [4.69, 9.17) is 6.42 Å². The van der Waals surface area contributed by atoms with E-state index in [9.17, 15) is 9.18 Å². The van der Waals surface area contributed by atoms with Gasteiger partial charge in [-0.3, -0.25) is 4.79 Å². The molecule has 1 aromatic carbocycles. The van der Waals surface area contributed by atoms with E-state index in [0.29, 0.717) is 5.56 Å². The number of amides is 1. The van der Waals surface area contributed by atoms with Crippen LogP contribution in [0.15, 0.2) is 18.2 Å². The average molecular weight is 231 g/mol. The minimum absolute atomic E-state index is 0.00464. The molecular formula is C14H14FNO. The topological polar surface area (TPSA) is 20.3 Å². The zero-order valence-corrected chi connectivity index (χ0v) is 9.96. The molecule has 0 saturated carbocycles. The van der Waals surface area contributed by atoms with Crippen molar-refractivity contribution in [3.05, 3.63) is 34.9 Å². The first-order valence-electron chi connectivity index (χ1n) is 5.48. The molecular weight excluding hydrogens is 217 g/mol. The fourth-order valence-corrected chi connectivity index (χ4v) is 2.07. The third kappa shape index (κ3) is 2.16. The Kier molecular flexibility index (Phi) is 2.66. The SMILES string of the molecule is C#CC1(F)CN(C(=O)c2cc(C)cc(C)c2)C1. The van der Waals surface area contributed by atoms with Crippen LogP contribution in [-0.2, 0) is 0 Å². The van der Waals surface area contributed by atoms with Gasteiger partial charge in [-0.15, -0.1) is 6.42 Å². The molecule has 3 heteroatoms. The monoisotopic (exact) mass is 231 g/mol. The van der Waals surface area contributed by atoms with E-state index in [1.807, 2.05) is 32.0 Å². The molecule has 0 bridgehead atoms. The molecule has 1 aromatic rings. The quantitative estimate of drug-likeness (QED) is 0.678. The predicted molar refractivity (Wildman–Crippen MR) is 64.5 cm³/mol. The van der Waals surface area contributed by atoms with E-state index in [1.165, 1.54) is 4.90 Å². The average Bonchev–Trinajstić information content (AvgIpc) is 2.22. The number of carbonyl (C=O) groups excluding carboxylic acids is 1. The van der Waals surface area contributed by atoms with Crippen LogP contribution in [0, 0.1) is 26.2 Å². The highest BCUT2D eigenvalue weighted by molar-refractivity contribution is 5.95. The molecule has 1 amide bonds. The Labute approximate surface area is 100 Å². The van der Waals surface area contributed by atoms with Gasteiger partial charge in [0.2, 0.25) is 5.67 Å². The first-order chi connectivity index (χ1) is 7.93. The predicted octanol–water partition coefficient (Wildman–Crippen LogP) is 2.10. The summed E-state index contributed by atoms with van der Waals surface area (Å²) in [5.41, 5.74) is 1.02. The molecule has 0 atom stereocenters. The van der Waals surface area contributed by atoms with Gasteiger partial charge in [-0.25, -0.2) is 4.39 Å². The standard InChI is InChI=1S/C14H14FNO/c1-4-14(15)8-16(9-14)13(17)12-6-10(2)5-11(3)7-12/h1,5-7H,8-9H2,2-3H3. The van der Waals surface area contributed by atoms with Gasteiger partial charge in [0.1, 0.15) is 0 Å². The second-order valence-corrected chi connectivity index (χ2v) is 4.65. The molecule has 1 aliphatic rings. The number of benzene rings is 1. The number of rotatable bonds is 1. The van der Waals surface area contributed by atoms with Gasteiger partial charge in [-0.1, -0.05) is 23.1 Å². The van der Waals surface area contributed by atoms with Crippen LogP contribution < -0.4 is 0 Å². The van der Waals surface area contributed by atoms with Crippen LogP contribution in [0.5, 0.6) is 0 Å². The molecule has 0 aliphatic carbocycles. The highest BCUT2D eigenvalue weighted by Gasteiger charge is 2.44. The highest BCUT2D eigenvalue weighted by atomic mass is 19.1. The summed E-state index contributed by atoms with van der Waals surface area (Å²) in [5.74, 6) is 1.92. The summed E-state index contributed by atoms with van der Waals surface area (Å²) >= 11 is 0. The second kappa shape index (κ2) is 3.89. The van der Waals surface area contributed by atoms with Crippen molar-refractivity contribution in [2.24, 2.45) is 0 Å². The normalized spacial score (nSPS) is 17.2. The van der Waals surface area contributed by atoms with E-state index in [0.717, 1.165) is 11.1 Å². The summed E-state index contributed by atoms with van der Waals surface area (Å²) in [4.78, 5) is 13.5. The summed E-state index contributed by atoms with van der Waals surface area (Å²) in [7, 11) is 0. The lowest BCUT2D eigenvalue weighted by Crippen LogP contribution is -2.60. The van der Waals surface area contributed by atoms with E-state index < -0.39 is 5.67 Å². The molecule has 0 radical (unpaired) electrons. The highest BCUT2D eigenvalue weighted by Crippen LogP contribution is 2.26. The maximum absolute atomic E-state index is 13.5. The molecule has 0 N–H and O–H groups in total. The first-order valence-corrected chi connectivity index (χ1v) is 5.48. The minimum atomic E-state index is -1.63. The van der Waals surface area contributed by atoms with Crippen LogP contribution in [0.25, 0.3) is 0 Å². The third-order valence-electron chi connectivity index (χ3n) is 2.90. The Bertz CT molecular complexity index is 489. The van der Waals surface area contributed by atoms with Crippen molar-refractivity contribution in [2.45, 2.75) is 19.5 Å². The number of terminal acetylenes is 1. The Morgan fingerprint density at radius 1 is 1.35 bits per heavy atom. The molecule has 0 aromatic heterocycles. The van der Waals surface area contributed by atoms with Crippen LogP contribution in [0.2, 0.25) is 0 Å². The lowest BCUT2D eigenvalue weighted by Gasteiger charge is -2.41. The lowest BCUT2D eigenvalue weighted by atomic mass is 9.95. The Hall–Kier alpha value is -1.82. The number of hydrogen-bond acceptors (Lipinski definition) is 1. The molecule has 0 spiro atoms. The summed E-state index contributed by atoms with van der Waals surface area (Å²) in [5, 5.41) is 0. The molecule has 1 heterocycles. The second-order valence-electron chi connectivity index (χ2n) is 4.65. The van der Waals surface area contributed by atoms with Gasteiger partial charge in [0.25, 0.3) is 5.91 Å². The third-order valence-corrected chi connectivity index (χ3v) is 2.90. The molecule has 17 heavy (non-hydrogen) atoms. The first kappa shape index (κ1) is 11.7. The van der Waals surface area contributed by atoms with Crippen molar-refractivity contribution in [1.29, 1.82) is 0 Å². The van der Waals surface area contributed by atoms with Crippen LogP contribution in [-0.4, -0.2) is 29.6 Å². The van der Waals surface area contributed by atoms with E-state index >= 15 is 0 Å². The van der Waals surface area contributed by atoms with Gasteiger partial charge >= 0.3 is 0 Å². The molecule has 88 valence electrons. The van der Waals surface area contributed by atoms with Crippen LogP contribution in [0.4, 0.5) is 4.39 Å². The van der Waals surface area contributed by atoms with Gasteiger partial charge in [0.15, 0.2) is 0 Å². The van der Waals surface area contributed by atoms with Crippen molar-refractivity contribution >= 4 is 5.91 Å². The molecule has 1 aliphatic heterocycles. The maximum atomic E-state index is 13.5. The van der Waals surface area contributed by atoms with Crippen LogP contribution >= 0.6 is 0 Å². The number of halogens is 1. The molecule has 1 saturated heterocycles. The zero-order chi connectivity index (χ0) is 12.6. The van der Waals surface area contributed by atoms with Gasteiger partial charge in [0.05, 0.1) is 13.1 Å². The van der Waals surface area contributed by atoms with Crippen molar-refractivity contribution in [3.63, 3.8) is 0 Å². The molecule has 0 unspecified atom stereocenters. The fourth-order valence-electron chi connectivity index (χ4n) is 2.07. The Balaban J connectivity index is 2.15. The van der Waals surface area contributed by atoms with Crippen molar-refractivity contribution in [1.82, 2.24) is 4.90 Å².